The van der Waals surface area contributed by atoms with Crippen LogP contribution >= 0.6 is 0 Å². The van der Waals surface area contributed by atoms with Crippen molar-refractivity contribution in [2.45, 2.75) is 57.0 Å². The Hall–Kier alpha value is -4.35. The van der Waals surface area contributed by atoms with Crippen molar-refractivity contribution in [3.8, 4) is 11.4 Å². The lowest BCUT2D eigenvalue weighted by Crippen LogP contribution is -2.48. The Balaban J connectivity index is 1.08. The van der Waals surface area contributed by atoms with Crippen molar-refractivity contribution in [1.82, 2.24) is 34.9 Å². The van der Waals surface area contributed by atoms with Gasteiger partial charge in [-0.3, -0.25) is 14.3 Å². The van der Waals surface area contributed by atoms with Crippen molar-refractivity contribution >= 4 is 28.3 Å². The zero-order valence-corrected chi connectivity index (χ0v) is 26.1. The Morgan fingerprint density at radius 2 is 1.98 bits per heavy atom. The zero-order valence-electron chi connectivity index (χ0n) is 28.1. The van der Waals surface area contributed by atoms with Crippen molar-refractivity contribution in [2.75, 3.05) is 37.8 Å². The van der Waals surface area contributed by atoms with Gasteiger partial charge in [0.1, 0.15) is 18.1 Å². The van der Waals surface area contributed by atoms with Crippen LogP contribution in [-0.4, -0.2) is 80.2 Å². The molecule has 1 N–H and O–H groups in total. The van der Waals surface area contributed by atoms with Gasteiger partial charge >= 0.3 is 0 Å². The van der Waals surface area contributed by atoms with E-state index in [0.717, 1.165) is 47.0 Å². The van der Waals surface area contributed by atoms with Gasteiger partial charge in [-0.1, -0.05) is 48.5 Å². The predicted octanol–water partition coefficient (Wildman–Crippen LogP) is 4.00. The molecule has 8 rings (SSSR count). The average Bonchev–Trinajstić information content (AvgIpc) is 3.92. The molecular formula is C35H40N8O3. The standard InChI is InChI=1S/C35H40N8O3/c1-40-23-37-33(39-40)26-11-9-24(10-12-26)25-13-17-41(18-14-25)31(44)20-27-21-35(15-16-36-22-35)34(45)42(27)43-29-7-3-2-6-28(29)32(38-43)30-8-4-5-19-46-30/h2-3,6-7,9-13,23,27,30,36H,4-5,8,14-22H2,1H3/t27-,30?,35?/m1/s1/i20D2. The second-order valence-electron chi connectivity index (χ2n) is 12.9. The molecule has 0 saturated carbocycles. The normalized spacial score (nSPS) is 26.1. The summed E-state index contributed by atoms with van der Waals surface area (Å²) in [4.78, 5) is 36.1. The quantitative estimate of drug-likeness (QED) is 0.346. The van der Waals surface area contributed by atoms with Crippen molar-refractivity contribution < 1.29 is 17.1 Å². The van der Waals surface area contributed by atoms with Crippen LogP contribution in [0.3, 0.4) is 0 Å². The van der Waals surface area contributed by atoms with E-state index < -0.39 is 23.7 Å². The SMILES string of the molecule is [2H]C([2H])(C(=O)N1CC=C(c2ccc(-c3ncn(C)n3)cc2)CC1)[C@@H]1CC2(CCNC2)C(=O)N1n1nc(C2CCCCO2)c2ccccc21. The first-order chi connectivity index (χ1) is 23.2. The van der Waals surface area contributed by atoms with Crippen molar-refractivity contribution in [3.05, 3.63) is 72.2 Å². The molecule has 2 aromatic heterocycles. The predicted molar refractivity (Wildman–Crippen MR) is 174 cm³/mol. The molecule has 11 heteroatoms. The summed E-state index contributed by atoms with van der Waals surface area (Å²) in [7, 11) is 1.84. The highest BCUT2D eigenvalue weighted by Crippen LogP contribution is 2.43. The monoisotopic (exact) mass is 622 g/mol. The second-order valence-corrected chi connectivity index (χ2v) is 12.9. The van der Waals surface area contributed by atoms with Gasteiger partial charge in [0, 0.05) is 53.4 Å². The van der Waals surface area contributed by atoms with Crippen LogP contribution in [0.2, 0.25) is 0 Å². The lowest BCUT2D eigenvalue weighted by Gasteiger charge is -2.30. The Bertz CT molecular complexity index is 1890. The van der Waals surface area contributed by atoms with Crippen LogP contribution in [-0.2, 0) is 21.4 Å². The Labute approximate surface area is 271 Å². The lowest BCUT2D eigenvalue weighted by atomic mass is 9.83. The number of rotatable bonds is 6. The molecule has 46 heavy (non-hydrogen) atoms. The van der Waals surface area contributed by atoms with Gasteiger partial charge in [0.25, 0.3) is 5.91 Å². The molecule has 4 aliphatic rings. The van der Waals surface area contributed by atoms with Gasteiger partial charge in [0.15, 0.2) is 5.82 Å². The summed E-state index contributed by atoms with van der Waals surface area (Å²) in [6, 6.07) is 14.8. The summed E-state index contributed by atoms with van der Waals surface area (Å²) in [5, 5.41) is 15.0. The number of benzene rings is 2. The number of carbonyl (C=O) groups is 2. The van der Waals surface area contributed by atoms with E-state index in [4.69, 9.17) is 9.84 Å². The largest absolute Gasteiger partial charge is 0.372 e. The minimum Gasteiger partial charge on any atom is -0.372 e. The van der Waals surface area contributed by atoms with E-state index in [1.807, 2.05) is 61.7 Å². The topological polar surface area (TPSA) is 110 Å². The van der Waals surface area contributed by atoms with Crippen molar-refractivity contribution in [2.24, 2.45) is 12.5 Å². The number of carbonyl (C=O) groups excluding carboxylic acids is 2. The first-order valence-corrected chi connectivity index (χ1v) is 16.3. The molecule has 4 aromatic rings. The molecule has 3 fully saturated rings. The summed E-state index contributed by atoms with van der Waals surface area (Å²) in [6.07, 6.45) is 5.41. The van der Waals surface area contributed by atoms with Gasteiger partial charge in [-0.15, -0.1) is 0 Å². The van der Waals surface area contributed by atoms with Gasteiger partial charge < -0.3 is 15.0 Å². The molecule has 0 radical (unpaired) electrons. The van der Waals surface area contributed by atoms with E-state index in [-0.39, 0.29) is 18.4 Å². The number of fused-ring (bicyclic) bond motifs is 1. The number of nitrogens with one attached hydrogen (secondary N) is 1. The highest BCUT2D eigenvalue weighted by atomic mass is 16.5. The van der Waals surface area contributed by atoms with E-state index in [0.29, 0.717) is 57.0 Å². The number of para-hydroxylation sites is 1. The summed E-state index contributed by atoms with van der Waals surface area (Å²) in [5.74, 6) is -0.131. The van der Waals surface area contributed by atoms with E-state index >= 15 is 0 Å². The lowest BCUT2D eigenvalue weighted by molar-refractivity contribution is -0.131. The average molecular weight is 623 g/mol. The number of hydrogen-bond acceptors (Lipinski definition) is 7. The van der Waals surface area contributed by atoms with E-state index in [1.54, 1.807) is 20.7 Å². The number of ether oxygens (including phenoxy) is 1. The molecule has 2 amide bonds. The smallest absolute Gasteiger partial charge is 0.250 e. The number of nitrogens with zero attached hydrogens (tertiary/aromatic N) is 7. The molecule has 11 nitrogen and oxygen atoms in total. The third-order valence-electron chi connectivity index (χ3n) is 9.97. The van der Waals surface area contributed by atoms with Gasteiger partial charge in [-0.25, -0.2) is 9.99 Å². The van der Waals surface area contributed by atoms with Gasteiger partial charge in [-0.2, -0.15) is 15.0 Å². The molecule has 1 spiro atoms. The van der Waals surface area contributed by atoms with Crippen LogP contribution in [0.25, 0.3) is 27.9 Å². The second kappa shape index (κ2) is 11.8. The third-order valence-corrected chi connectivity index (χ3v) is 9.97. The van der Waals surface area contributed by atoms with Crippen LogP contribution < -0.4 is 10.3 Å². The Morgan fingerprint density at radius 1 is 1.13 bits per heavy atom. The maximum atomic E-state index is 14.4. The molecule has 2 unspecified atom stereocenters. The fraction of sp³-hybridized carbons (Fsp3) is 0.457. The molecule has 6 heterocycles. The van der Waals surface area contributed by atoms with E-state index in [1.165, 1.54) is 5.01 Å². The van der Waals surface area contributed by atoms with E-state index in [2.05, 4.69) is 15.4 Å². The fourth-order valence-electron chi connectivity index (χ4n) is 7.45. The highest BCUT2D eigenvalue weighted by Gasteiger charge is 2.55. The minimum atomic E-state index is -2.35. The molecule has 3 saturated heterocycles. The van der Waals surface area contributed by atoms with Gasteiger partial charge in [0.2, 0.25) is 5.91 Å². The molecule has 238 valence electrons. The highest BCUT2D eigenvalue weighted by molar-refractivity contribution is 5.98. The fourth-order valence-corrected chi connectivity index (χ4v) is 7.45. The maximum absolute atomic E-state index is 14.4. The third kappa shape index (κ3) is 5.11. The number of hydrogen-bond donors (Lipinski definition) is 1. The molecule has 3 atom stereocenters. The van der Waals surface area contributed by atoms with Gasteiger partial charge in [-0.05, 0) is 62.3 Å². The maximum Gasteiger partial charge on any atom is 0.250 e. The van der Waals surface area contributed by atoms with E-state index in [9.17, 15) is 12.3 Å². The summed E-state index contributed by atoms with van der Waals surface area (Å²) in [6.45, 7) is 2.45. The molecular weight excluding hydrogens is 580 g/mol. The van der Waals surface area contributed by atoms with Crippen LogP contribution in [0.15, 0.2) is 60.9 Å². The zero-order chi connectivity index (χ0) is 33.0. The molecule has 0 aliphatic carbocycles. The Kier molecular flexibility index (Phi) is 6.87. The number of amides is 2. The van der Waals surface area contributed by atoms with Crippen LogP contribution in [0.5, 0.6) is 0 Å². The summed E-state index contributed by atoms with van der Waals surface area (Å²) in [5.41, 5.74) is 3.76. The van der Waals surface area contributed by atoms with Crippen LogP contribution in [0.1, 0.15) is 65.0 Å². The van der Waals surface area contributed by atoms with Gasteiger partial charge in [0.05, 0.1) is 17.0 Å². The molecule has 2 aromatic carbocycles. The first-order valence-electron chi connectivity index (χ1n) is 17.3. The number of aromatic nitrogens is 5. The Morgan fingerprint density at radius 3 is 2.70 bits per heavy atom. The summed E-state index contributed by atoms with van der Waals surface area (Å²) >= 11 is 0. The minimum absolute atomic E-state index is 0.191. The van der Waals surface area contributed by atoms with Crippen LogP contribution in [0.4, 0.5) is 0 Å². The molecule has 4 aliphatic heterocycles. The summed E-state index contributed by atoms with van der Waals surface area (Å²) < 4.78 is 26.5. The number of aryl methyl sites for hydroxylation is 1. The van der Waals surface area contributed by atoms with Crippen molar-refractivity contribution in [1.29, 1.82) is 0 Å². The van der Waals surface area contributed by atoms with Crippen LogP contribution in [0, 0.1) is 5.41 Å². The van der Waals surface area contributed by atoms with Crippen molar-refractivity contribution in [3.63, 3.8) is 0 Å². The molecule has 0 bridgehead atoms. The first kappa shape index (κ1) is 26.8.